The summed E-state index contributed by atoms with van der Waals surface area (Å²) in [5, 5.41) is 6.30. The first kappa shape index (κ1) is 24.4. The molecule has 2 aliphatic heterocycles. The van der Waals surface area contributed by atoms with Crippen molar-refractivity contribution >= 4 is 11.8 Å². The summed E-state index contributed by atoms with van der Waals surface area (Å²) >= 11 is 0. The van der Waals surface area contributed by atoms with Crippen LogP contribution < -0.4 is 16.4 Å². The molecule has 2 aromatic carbocycles. The highest BCUT2D eigenvalue weighted by atomic mass is 16.2. The number of hydrogen-bond acceptors (Lipinski definition) is 4. The van der Waals surface area contributed by atoms with Crippen molar-refractivity contribution < 1.29 is 9.59 Å². The summed E-state index contributed by atoms with van der Waals surface area (Å²) in [6.45, 7) is 4.53. The summed E-state index contributed by atoms with van der Waals surface area (Å²) in [6, 6.07) is 20.1. The van der Waals surface area contributed by atoms with Crippen LogP contribution in [0.3, 0.4) is 0 Å². The first-order valence-electron chi connectivity index (χ1n) is 12.8. The smallest absolute Gasteiger partial charge is 0.237 e. The zero-order valence-corrected chi connectivity index (χ0v) is 20.0. The van der Waals surface area contributed by atoms with E-state index in [-0.39, 0.29) is 23.8 Å². The van der Waals surface area contributed by atoms with Crippen molar-refractivity contribution in [3.8, 4) is 0 Å². The Morgan fingerprint density at radius 2 is 1.65 bits per heavy atom. The van der Waals surface area contributed by atoms with E-state index in [1.54, 1.807) is 0 Å². The quantitative estimate of drug-likeness (QED) is 0.448. The lowest BCUT2D eigenvalue weighted by molar-refractivity contribution is -0.124. The second kappa shape index (κ2) is 11.6. The standard InChI is InChI=1S/C28H38N4O2/c29-27(34)28(22-11-4-1-5-12-22,23-13-6-2-7-14-23)24-16-20-32(21-24)19-9-3-8-17-31-26(33)25-15-10-18-30-25/h1-2,4-7,11-14,24-25,30H,3,8-10,15-21H2,(H2,29,34)(H,31,33). The van der Waals surface area contributed by atoms with Gasteiger partial charge in [0, 0.05) is 13.1 Å². The van der Waals surface area contributed by atoms with Gasteiger partial charge in [0.1, 0.15) is 5.41 Å². The molecule has 2 heterocycles. The summed E-state index contributed by atoms with van der Waals surface area (Å²) in [5.41, 5.74) is 7.32. The molecule has 0 aromatic heterocycles. The van der Waals surface area contributed by atoms with Crippen molar-refractivity contribution in [2.24, 2.45) is 11.7 Å². The predicted octanol–water partition coefficient (Wildman–Crippen LogP) is 2.82. The minimum atomic E-state index is -0.824. The van der Waals surface area contributed by atoms with E-state index in [0.717, 1.165) is 82.4 Å². The molecule has 2 fully saturated rings. The van der Waals surface area contributed by atoms with E-state index < -0.39 is 5.41 Å². The van der Waals surface area contributed by atoms with Gasteiger partial charge in [0.05, 0.1) is 6.04 Å². The molecule has 4 rings (SSSR count). The summed E-state index contributed by atoms with van der Waals surface area (Å²) in [5.74, 6) is 0.00161. The molecule has 2 saturated heterocycles. The van der Waals surface area contributed by atoms with Crippen LogP contribution in [0, 0.1) is 5.92 Å². The molecule has 2 atom stereocenters. The van der Waals surface area contributed by atoms with Gasteiger partial charge < -0.3 is 21.3 Å². The van der Waals surface area contributed by atoms with E-state index in [0.29, 0.717) is 0 Å². The lowest BCUT2D eigenvalue weighted by Crippen LogP contribution is -2.49. The maximum Gasteiger partial charge on any atom is 0.237 e. The molecule has 182 valence electrons. The highest BCUT2D eigenvalue weighted by molar-refractivity contribution is 5.91. The van der Waals surface area contributed by atoms with E-state index in [1.165, 1.54) is 0 Å². The number of rotatable bonds is 11. The van der Waals surface area contributed by atoms with Crippen molar-refractivity contribution in [3.63, 3.8) is 0 Å². The fraction of sp³-hybridized carbons (Fsp3) is 0.500. The lowest BCUT2D eigenvalue weighted by atomic mass is 9.64. The minimum absolute atomic E-state index is 0.00119. The van der Waals surface area contributed by atoms with Gasteiger partial charge in [0.15, 0.2) is 0 Å². The maximum atomic E-state index is 13.2. The molecule has 0 aliphatic carbocycles. The minimum Gasteiger partial charge on any atom is -0.369 e. The van der Waals surface area contributed by atoms with Crippen LogP contribution in [0.4, 0.5) is 0 Å². The fourth-order valence-electron chi connectivity index (χ4n) is 5.80. The van der Waals surface area contributed by atoms with Crippen molar-refractivity contribution in [1.29, 1.82) is 0 Å². The third kappa shape index (κ3) is 5.34. The molecule has 2 aliphatic rings. The van der Waals surface area contributed by atoms with E-state index in [4.69, 9.17) is 5.73 Å². The number of primary amides is 1. The molecule has 6 nitrogen and oxygen atoms in total. The van der Waals surface area contributed by atoms with E-state index in [1.807, 2.05) is 60.7 Å². The number of nitrogens with two attached hydrogens (primary N) is 1. The molecular weight excluding hydrogens is 424 g/mol. The van der Waals surface area contributed by atoms with Gasteiger partial charge in [-0.1, -0.05) is 67.1 Å². The number of carbonyl (C=O) groups excluding carboxylic acids is 2. The van der Waals surface area contributed by atoms with Crippen LogP contribution in [0.2, 0.25) is 0 Å². The van der Waals surface area contributed by atoms with Crippen molar-refractivity contribution in [2.45, 2.75) is 50.0 Å². The Balaban J connectivity index is 1.33. The third-order valence-corrected chi connectivity index (χ3v) is 7.56. The van der Waals surface area contributed by atoms with Gasteiger partial charge in [0.25, 0.3) is 0 Å². The Hall–Kier alpha value is -2.70. The largest absolute Gasteiger partial charge is 0.369 e. The van der Waals surface area contributed by atoms with Crippen LogP contribution in [0.25, 0.3) is 0 Å². The third-order valence-electron chi connectivity index (χ3n) is 7.56. The number of hydrogen-bond donors (Lipinski definition) is 3. The maximum absolute atomic E-state index is 13.2. The van der Waals surface area contributed by atoms with Gasteiger partial charge in [-0.25, -0.2) is 0 Å². The van der Waals surface area contributed by atoms with Crippen LogP contribution >= 0.6 is 0 Å². The second-order valence-corrected chi connectivity index (χ2v) is 9.69. The molecule has 2 amide bonds. The number of amides is 2. The van der Waals surface area contributed by atoms with Gasteiger partial charge in [0.2, 0.25) is 11.8 Å². The molecule has 0 saturated carbocycles. The molecule has 0 spiro atoms. The monoisotopic (exact) mass is 462 g/mol. The molecule has 2 aromatic rings. The lowest BCUT2D eigenvalue weighted by Gasteiger charge is -2.37. The van der Waals surface area contributed by atoms with E-state index in [2.05, 4.69) is 15.5 Å². The number of carbonyl (C=O) groups is 2. The SMILES string of the molecule is NC(=O)C(c1ccccc1)(c1ccccc1)C1CCN(CCCCCNC(=O)C2CCCN2)C1. The van der Waals surface area contributed by atoms with Crippen LogP contribution in [0.5, 0.6) is 0 Å². The zero-order valence-electron chi connectivity index (χ0n) is 20.0. The summed E-state index contributed by atoms with van der Waals surface area (Å²) in [6.07, 6.45) is 6.13. The summed E-state index contributed by atoms with van der Waals surface area (Å²) in [7, 11) is 0. The number of benzene rings is 2. The zero-order chi connectivity index (χ0) is 23.8. The fourth-order valence-corrected chi connectivity index (χ4v) is 5.80. The second-order valence-electron chi connectivity index (χ2n) is 9.69. The van der Waals surface area contributed by atoms with E-state index in [9.17, 15) is 9.59 Å². The predicted molar refractivity (Wildman–Crippen MR) is 135 cm³/mol. The Kier molecular flexibility index (Phi) is 8.35. The van der Waals surface area contributed by atoms with Crippen LogP contribution in [0.15, 0.2) is 60.7 Å². The van der Waals surface area contributed by atoms with Gasteiger partial charge in [-0.05, 0) is 68.8 Å². The van der Waals surface area contributed by atoms with Crippen LogP contribution in [0.1, 0.15) is 49.7 Å². The van der Waals surface area contributed by atoms with Crippen molar-refractivity contribution in [1.82, 2.24) is 15.5 Å². The number of unbranched alkanes of at least 4 members (excludes halogenated alkanes) is 2. The Bertz CT molecular complexity index is 888. The molecule has 0 radical (unpaired) electrons. The van der Waals surface area contributed by atoms with Gasteiger partial charge in [-0.15, -0.1) is 0 Å². The summed E-state index contributed by atoms with van der Waals surface area (Å²) in [4.78, 5) is 27.7. The van der Waals surface area contributed by atoms with Gasteiger partial charge >= 0.3 is 0 Å². The first-order valence-corrected chi connectivity index (χ1v) is 12.8. The van der Waals surface area contributed by atoms with Crippen LogP contribution in [-0.4, -0.2) is 55.5 Å². The van der Waals surface area contributed by atoms with Crippen molar-refractivity contribution in [3.05, 3.63) is 71.8 Å². The number of nitrogens with zero attached hydrogens (tertiary/aromatic N) is 1. The van der Waals surface area contributed by atoms with Gasteiger partial charge in [-0.3, -0.25) is 9.59 Å². The average Bonchev–Trinajstić information content (AvgIpc) is 3.56. The Morgan fingerprint density at radius 3 is 2.24 bits per heavy atom. The number of nitrogens with one attached hydrogen (secondary N) is 2. The van der Waals surface area contributed by atoms with Crippen LogP contribution in [-0.2, 0) is 15.0 Å². The highest BCUT2D eigenvalue weighted by Gasteiger charge is 2.49. The van der Waals surface area contributed by atoms with E-state index >= 15 is 0 Å². The molecule has 34 heavy (non-hydrogen) atoms. The Labute approximate surface area is 203 Å². The molecule has 0 bridgehead atoms. The molecular formula is C28H38N4O2. The van der Waals surface area contributed by atoms with Gasteiger partial charge in [-0.2, -0.15) is 0 Å². The summed E-state index contributed by atoms with van der Waals surface area (Å²) < 4.78 is 0. The first-order chi connectivity index (χ1) is 16.6. The number of likely N-dealkylation sites (tertiary alicyclic amines) is 1. The normalized spacial score (nSPS) is 20.9. The topological polar surface area (TPSA) is 87.5 Å². The van der Waals surface area contributed by atoms with Crippen molar-refractivity contribution in [2.75, 3.05) is 32.7 Å². The average molecular weight is 463 g/mol. The molecule has 2 unspecified atom stereocenters. The Morgan fingerprint density at radius 1 is 0.971 bits per heavy atom. The molecule has 4 N–H and O–H groups in total. The molecule has 6 heteroatoms. The highest BCUT2D eigenvalue weighted by Crippen LogP contribution is 2.43.